The van der Waals surface area contributed by atoms with E-state index in [1.165, 1.54) is 12.8 Å². The Balaban J connectivity index is 2.63. The van der Waals surface area contributed by atoms with Gasteiger partial charge in [0.1, 0.15) is 0 Å². The maximum atomic E-state index is 3.90. The van der Waals surface area contributed by atoms with Crippen LogP contribution in [0.3, 0.4) is 0 Å². The van der Waals surface area contributed by atoms with Crippen LogP contribution in [0.1, 0.15) is 26.7 Å². The molecule has 0 amide bonds. The van der Waals surface area contributed by atoms with Crippen molar-refractivity contribution in [1.82, 2.24) is 0 Å². The normalized spacial score (nSPS) is 42.2. The summed E-state index contributed by atoms with van der Waals surface area (Å²) >= 11 is 0. The molecule has 0 N–H and O–H groups in total. The monoisotopic (exact) mass is 164 g/mol. The first-order valence-corrected chi connectivity index (χ1v) is 4.94. The van der Waals surface area contributed by atoms with Crippen molar-refractivity contribution >= 4 is 0 Å². The van der Waals surface area contributed by atoms with Crippen molar-refractivity contribution in [1.29, 1.82) is 0 Å². The molecule has 0 aromatic heterocycles. The molecule has 1 fully saturated rings. The van der Waals surface area contributed by atoms with Gasteiger partial charge in [0.05, 0.1) is 0 Å². The van der Waals surface area contributed by atoms with E-state index in [1.54, 1.807) is 0 Å². The lowest BCUT2D eigenvalue weighted by atomic mass is 9.69. The van der Waals surface area contributed by atoms with Gasteiger partial charge in [0.25, 0.3) is 0 Å². The average Bonchev–Trinajstić information content (AvgIpc) is 2.09. The van der Waals surface area contributed by atoms with Crippen LogP contribution in [-0.2, 0) is 0 Å². The van der Waals surface area contributed by atoms with Gasteiger partial charge in [-0.25, -0.2) is 0 Å². The lowest BCUT2D eigenvalue weighted by Crippen LogP contribution is -2.27. The van der Waals surface area contributed by atoms with E-state index in [-0.39, 0.29) is 0 Å². The Morgan fingerprint density at radius 1 is 1.08 bits per heavy atom. The van der Waals surface area contributed by atoms with Gasteiger partial charge >= 0.3 is 0 Å². The van der Waals surface area contributed by atoms with Gasteiger partial charge in [0.2, 0.25) is 0 Å². The zero-order valence-electron chi connectivity index (χ0n) is 8.29. The highest BCUT2D eigenvalue weighted by molar-refractivity contribution is 4.95. The first kappa shape index (κ1) is 9.57. The molecule has 1 aliphatic rings. The second kappa shape index (κ2) is 3.93. The standard InChI is InChI=1S/C12H20/c1-5-11-7-9(3)10(4)12(6-2)8-11/h5-6,9-12H,1-2,7-8H2,3-4H3/t9-,10-,11+,12+/m1/s1. The van der Waals surface area contributed by atoms with E-state index >= 15 is 0 Å². The van der Waals surface area contributed by atoms with Crippen LogP contribution in [0.4, 0.5) is 0 Å². The molecule has 0 bridgehead atoms. The molecular formula is C12H20. The molecule has 0 heterocycles. The lowest BCUT2D eigenvalue weighted by molar-refractivity contribution is 0.184. The van der Waals surface area contributed by atoms with E-state index in [4.69, 9.17) is 0 Å². The molecule has 1 aliphatic carbocycles. The molecule has 0 unspecified atom stereocenters. The number of rotatable bonds is 2. The second-order valence-electron chi connectivity index (χ2n) is 4.20. The van der Waals surface area contributed by atoms with Crippen LogP contribution in [0, 0.1) is 23.7 Å². The van der Waals surface area contributed by atoms with Crippen molar-refractivity contribution in [2.24, 2.45) is 23.7 Å². The van der Waals surface area contributed by atoms with Crippen LogP contribution in [0.15, 0.2) is 25.3 Å². The molecule has 0 aromatic rings. The van der Waals surface area contributed by atoms with Gasteiger partial charge in [-0.15, -0.1) is 13.2 Å². The highest BCUT2D eigenvalue weighted by atomic mass is 14.3. The fraction of sp³-hybridized carbons (Fsp3) is 0.667. The predicted octanol–water partition coefficient (Wildman–Crippen LogP) is 3.66. The minimum Gasteiger partial charge on any atom is -0.103 e. The van der Waals surface area contributed by atoms with Gasteiger partial charge in [0.15, 0.2) is 0 Å². The molecule has 1 rings (SSSR count). The Bertz CT molecular complexity index is 169. The fourth-order valence-electron chi connectivity index (χ4n) is 2.28. The summed E-state index contributed by atoms with van der Waals surface area (Å²) in [6.07, 6.45) is 6.81. The highest BCUT2D eigenvalue weighted by Crippen LogP contribution is 2.38. The Morgan fingerprint density at radius 3 is 2.25 bits per heavy atom. The average molecular weight is 164 g/mol. The topological polar surface area (TPSA) is 0 Å². The quantitative estimate of drug-likeness (QED) is 0.546. The van der Waals surface area contributed by atoms with Gasteiger partial charge in [-0.05, 0) is 36.5 Å². The fourth-order valence-corrected chi connectivity index (χ4v) is 2.28. The number of allylic oxidation sites excluding steroid dienone is 2. The minimum atomic E-state index is 0.705. The van der Waals surface area contributed by atoms with Crippen molar-refractivity contribution in [3.63, 3.8) is 0 Å². The van der Waals surface area contributed by atoms with Crippen LogP contribution in [0.2, 0.25) is 0 Å². The summed E-state index contributed by atoms with van der Waals surface area (Å²) in [5.74, 6) is 3.06. The summed E-state index contributed by atoms with van der Waals surface area (Å²) in [5, 5.41) is 0. The second-order valence-corrected chi connectivity index (χ2v) is 4.20. The summed E-state index contributed by atoms with van der Waals surface area (Å²) in [5.41, 5.74) is 0. The molecule has 4 atom stereocenters. The van der Waals surface area contributed by atoms with Gasteiger partial charge in [-0.1, -0.05) is 26.0 Å². The van der Waals surface area contributed by atoms with Crippen LogP contribution in [0.25, 0.3) is 0 Å². The van der Waals surface area contributed by atoms with Crippen molar-refractivity contribution in [3.8, 4) is 0 Å². The zero-order chi connectivity index (χ0) is 9.14. The van der Waals surface area contributed by atoms with Crippen molar-refractivity contribution in [2.45, 2.75) is 26.7 Å². The van der Waals surface area contributed by atoms with E-state index in [1.807, 2.05) is 0 Å². The highest BCUT2D eigenvalue weighted by Gasteiger charge is 2.29. The smallest absolute Gasteiger partial charge is 0.0202 e. The molecule has 0 heteroatoms. The molecule has 0 radical (unpaired) electrons. The summed E-state index contributed by atoms with van der Waals surface area (Å²) in [6.45, 7) is 12.5. The molecule has 12 heavy (non-hydrogen) atoms. The minimum absolute atomic E-state index is 0.705. The molecule has 0 aromatic carbocycles. The van der Waals surface area contributed by atoms with Crippen LogP contribution >= 0.6 is 0 Å². The van der Waals surface area contributed by atoms with Gasteiger partial charge in [0, 0.05) is 0 Å². The van der Waals surface area contributed by atoms with Gasteiger partial charge in [-0.2, -0.15) is 0 Å². The predicted molar refractivity (Wildman–Crippen MR) is 54.9 cm³/mol. The first-order valence-electron chi connectivity index (χ1n) is 4.94. The van der Waals surface area contributed by atoms with Gasteiger partial charge < -0.3 is 0 Å². The Morgan fingerprint density at radius 2 is 1.75 bits per heavy atom. The Kier molecular flexibility index (Phi) is 3.13. The Labute approximate surface area is 76.4 Å². The summed E-state index contributed by atoms with van der Waals surface area (Å²) < 4.78 is 0. The summed E-state index contributed by atoms with van der Waals surface area (Å²) in [4.78, 5) is 0. The van der Waals surface area contributed by atoms with Crippen LogP contribution in [0.5, 0.6) is 0 Å². The first-order chi connectivity index (χ1) is 5.69. The molecule has 0 nitrogen and oxygen atoms in total. The van der Waals surface area contributed by atoms with Crippen molar-refractivity contribution in [3.05, 3.63) is 25.3 Å². The molecule has 0 aliphatic heterocycles. The number of hydrogen-bond donors (Lipinski definition) is 0. The number of hydrogen-bond acceptors (Lipinski definition) is 0. The molecule has 0 spiro atoms. The third kappa shape index (κ3) is 1.80. The van der Waals surface area contributed by atoms with Crippen molar-refractivity contribution < 1.29 is 0 Å². The van der Waals surface area contributed by atoms with Crippen LogP contribution in [-0.4, -0.2) is 0 Å². The molecule has 1 saturated carbocycles. The van der Waals surface area contributed by atoms with E-state index in [2.05, 4.69) is 39.2 Å². The Hall–Kier alpha value is -0.520. The summed E-state index contributed by atoms with van der Waals surface area (Å²) in [7, 11) is 0. The van der Waals surface area contributed by atoms with Gasteiger partial charge in [-0.3, -0.25) is 0 Å². The SMILES string of the molecule is C=C[C@H]1C[C@@H](C)[C@@H](C)[C@@H](C=C)C1. The molecule has 0 saturated heterocycles. The van der Waals surface area contributed by atoms with E-state index in [0.29, 0.717) is 5.92 Å². The largest absolute Gasteiger partial charge is 0.103 e. The van der Waals surface area contributed by atoms with E-state index in [9.17, 15) is 0 Å². The summed E-state index contributed by atoms with van der Waals surface area (Å²) in [6, 6.07) is 0. The van der Waals surface area contributed by atoms with Crippen LogP contribution < -0.4 is 0 Å². The van der Waals surface area contributed by atoms with Crippen molar-refractivity contribution in [2.75, 3.05) is 0 Å². The van der Waals surface area contributed by atoms with E-state index in [0.717, 1.165) is 17.8 Å². The third-order valence-corrected chi connectivity index (χ3v) is 3.46. The molecular weight excluding hydrogens is 144 g/mol. The third-order valence-electron chi connectivity index (χ3n) is 3.46. The molecule has 68 valence electrons. The zero-order valence-corrected chi connectivity index (χ0v) is 8.29. The van der Waals surface area contributed by atoms with E-state index < -0.39 is 0 Å². The maximum absolute atomic E-state index is 3.90. The lowest BCUT2D eigenvalue weighted by Gasteiger charge is -2.36. The maximum Gasteiger partial charge on any atom is -0.0202 e.